The second-order valence-corrected chi connectivity index (χ2v) is 6.34. The minimum Gasteiger partial charge on any atom is -0.379 e. The van der Waals surface area contributed by atoms with E-state index in [2.05, 4.69) is 46.6 Å². The Morgan fingerprint density at radius 1 is 1.52 bits per heavy atom. The van der Waals surface area contributed by atoms with Crippen LogP contribution in [0.25, 0.3) is 0 Å². The number of ether oxygens (including phenoxy) is 1. The van der Waals surface area contributed by atoms with Crippen LogP contribution in [0, 0.1) is 0 Å². The van der Waals surface area contributed by atoms with E-state index in [-0.39, 0.29) is 0 Å². The molecule has 21 heavy (non-hydrogen) atoms. The predicted molar refractivity (Wildman–Crippen MR) is 88.8 cm³/mol. The third kappa shape index (κ3) is 4.98. The average molecular weight is 310 g/mol. The molecule has 2 heterocycles. The number of nitrogens with one attached hydrogen (secondary N) is 1. The van der Waals surface area contributed by atoms with Crippen LogP contribution in [-0.4, -0.2) is 49.7 Å². The fraction of sp³-hybridized carbons (Fsp3) is 0.667. The summed E-state index contributed by atoms with van der Waals surface area (Å²) < 4.78 is 5.45. The predicted octanol–water partition coefficient (Wildman–Crippen LogP) is 1.82. The summed E-state index contributed by atoms with van der Waals surface area (Å²) >= 11 is 1.78. The van der Waals surface area contributed by atoms with Gasteiger partial charge < -0.3 is 15.8 Å². The highest BCUT2D eigenvalue weighted by Gasteiger charge is 2.23. The van der Waals surface area contributed by atoms with Crippen LogP contribution in [0.5, 0.6) is 0 Å². The molecule has 1 saturated heterocycles. The van der Waals surface area contributed by atoms with E-state index in [1.165, 1.54) is 4.88 Å². The number of nitrogens with zero attached hydrogens (tertiary/aromatic N) is 2. The fourth-order valence-electron chi connectivity index (χ4n) is 2.34. The Kier molecular flexibility index (Phi) is 6.48. The van der Waals surface area contributed by atoms with Gasteiger partial charge in [-0.2, -0.15) is 0 Å². The first-order valence-electron chi connectivity index (χ1n) is 7.62. The zero-order valence-corrected chi connectivity index (χ0v) is 13.7. The smallest absolute Gasteiger partial charge is 0.188 e. The summed E-state index contributed by atoms with van der Waals surface area (Å²) in [6.45, 7) is 8.44. The van der Waals surface area contributed by atoms with E-state index in [0.29, 0.717) is 24.6 Å². The number of hydrogen-bond donors (Lipinski definition) is 2. The lowest BCUT2D eigenvalue weighted by molar-refractivity contribution is 0.0187. The molecule has 118 valence electrons. The molecule has 1 fully saturated rings. The van der Waals surface area contributed by atoms with Crippen LogP contribution in [0.4, 0.5) is 0 Å². The molecule has 2 rings (SSSR count). The second-order valence-electron chi connectivity index (χ2n) is 5.36. The first-order valence-corrected chi connectivity index (χ1v) is 8.50. The third-order valence-electron chi connectivity index (χ3n) is 3.80. The highest BCUT2D eigenvalue weighted by molar-refractivity contribution is 7.10. The van der Waals surface area contributed by atoms with Crippen molar-refractivity contribution in [3.8, 4) is 0 Å². The molecule has 2 atom stereocenters. The van der Waals surface area contributed by atoms with Gasteiger partial charge in [0.05, 0.1) is 25.8 Å². The summed E-state index contributed by atoms with van der Waals surface area (Å²) in [4.78, 5) is 8.34. The first-order chi connectivity index (χ1) is 10.2. The molecule has 0 amide bonds. The van der Waals surface area contributed by atoms with Crippen molar-refractivity contribution in [2.24, 2.45) is 10.7 Å². The lowest BCUT2D eigenvalue weighted by Crippen LogP contribution is -2.41. The molecule has 0 aromatic carbocycles. The van der Waals surface area contributed by atoms with Crippen molar-refractivity contribution in [1.82, 2.24) is 10.2 Å². The molecule has 3 N–H and O–H groups in total. The van der Waals surface area contributed by atoms with Crippen LogP contribution in [-0.2, 0) is 4.74 Å². The molecule has 6 heteroatoms. The minimum atomic E-state index is 0.297. The first kappa shape index (κ1) is 16.3. The van der Waals surface area contributed by atoms with Crippen LogP contribution in [0.2, 0.25) is 0 Å². The maximum atomic E-state index is 5.98. The van der Waals surface area contributed by atoms with Crippen molar-refractivity contribution < 1.29 is 4.74 Å². The van der Waals surface area contributed by atoms with Gasteiger partial charge in [-0.3, -0.25) is 9.89 Å². The van der Waals surface area contributed by atoms with E-state index < -0.39 is 0 Å². The van der Waals surface area contributed by atoms with Gasteiger partial charge >= 0.3 is 0 Å². The molecule has 0 aliphatic carbocycles. The number of thiophene rings is 1. The molecular weight excluding hydrogens is 284 g/mol. The lowest BCUT2D eigenvalue weighted by atomic mass is 10.2. The van der Waals surface area contributed by atoms with Crippen LogP contribution in [0.3, 0.4) is 0 Å². The third-order valence-corrected chi connectivity index (χ3v) is 4.77. The maximum absolute atomic E-state index is 5.98. The minimum absolute atomic E-state index is 0.297. The van der Waals surface area contributed by atoms with E-state index in [0.717, 1.165) is 32.7 Å². The zero-order valence-electron chi connectivity index (χ0n) is 12.9. The Labute approximate surface area is 131 Å². The van der Waals surface area contributed by atoms with Gasteiger partial charge in [-0.1, -0.05) is 13.0 Å². The maximum Gasteiger partial charge on any atom is 0.188 e. The normalized spacial score (nSPS) is 20.2. The Bertz CT molecular complexity index is 429. The van der Waals surface area contributed by atoms with Gasteiger partial charge in [0.2, 0.25) is 0 Å². The molecule has 5 nitrogen and oxygen atoms in total. The summed E-state index contributed by atoms with van der Waals surface area (Å²) in [6.07, 6.45) is 1.04. The molecule has 0 spiro atoms. The van der Waals surface area contributed by atoms with Gasteiger partial charge in [-0.05, 0) is 24.8 Å². The largest absolute Gasteiger partial charge is 0.379 e. The van der Waals surface area contributed by atoms with Crippen LogP contribution in [0.15, 0.2) is 22.5 Å². The van der Waals surface area contributed by atoms with Crippen LogP contribution in [0.1, 0.15) is 31.2 Å². The van der Waals surface area contributed by atoms with Crippen LogP contribution >= 0.6 is 11.3 Å². The molecule has 1 aromatic rings. The van der Waals surface area contributed by atoms with E-state index >= 15 is 0 Å². The number of morpholine rings is 1. The van der Waals surface area contributed by atoms with Gasteiger partial charge in [0.25, 0.3) is 0 Å². The average Bonchev–Trinajstić information content (AvgIpc) is 3.02. The van der Waals surface area contributed by atoms with Gasteiger partial charge in [0.15, 0.2) is 5.96 Å². The topological polar surface area (TPSA) is 62.9 Å². The molecule has 1 aliphatic heterocycles. The molecule has 1 aromatic heterocycles. The van der Waals surface area contributed by atoms with Crippen LogP contribution < -0.4 is 11.1 Å². The van der Waals surface area contributed by atoms with E-state index in [1.54, 1.807) is 11.3 Å². The van der Waals surface area contributed by atoms with Crippen molar-refractivity contribution in [2.75, 3.05) is 32.8 Å². The second kappa shape index (κ2) is 8.36. The number of guanidine groups is 1. The van der Waals surface area contributed by atoms with E-state index in [4.69, 9.17) is 10.5 Å². The molecule has 1 aliphatic rings. The van der Waals surface area contributed by atoms with E-state index in [9.17, 15) is 0 Å². The van der Waals surface area contributed by atoms with Crippen molar-refractivity contribution in [1.29, 1.82) is 0 Å². The number of aliphatic imine (C=N–C) groups is 1. The summed E-state index contributed by atoms with van der Waals surface area (Å²) in [5.74, 6) is 0.541. The van der Waals surface area contributed by atoms with Crippen molar-refractivity contribution in [3.05, 3.63) is 22.4 Å². The monoisotopic (exact) mass is 310 g/mol. The highest BCUT2D eigenvalue weighted by atomic mass is 32.1. The molecule has 0 saturated carbocycles. The fourth-order valence-corrected chi connectivity index (χ4v) is 3.19. The molecule has 0 bridgehead atoms. The quantitative estimate of drug-likeness (QED) is 0.621. The van der Waals surface area contributed by atoms with E-state index in [1.807, 2.05) is 0 Å². The van der Waals surface area contributed by atoms with Gasteiger partial charge in [-0.25, -0.2) is 0 Å². The Hall–Kier alpha value is -1.11. The standard InChI is InChI=1S/C15H26N4OS/c1-3-12(2)18-15(16)17-11-13(14-5-4-10-21-14)19-6-8-20-9-7-19/h4-5,10,12-13H,3,6-9,11H2,1-2H3,(H3,16,17,18). The summed E-state index contributed by atoms with van der Waals surface area (Å²) in [5, 5.41) is 5.34. The van der Waals surface area contributed by atoms with Gasteiger partial charge in [-0.15, -0.1) is 11.3 Å². The Morgan fingerprint density at radius 2 is 2.29 bits per heavy atom. The Morgan fingerprint density at radius 3 is 2.90 bits per heavy atom. The van der Waals surface area contributed by atoms with Crippen molar-refractivity contribution in [2.45, 2.75) is 32.4 Å². The number of hydrogen-bond acceptors (Lipinski definition) is 4. The summed E-state index contributed by atoms with van der Waals surface area (Å²) in [7, 11) is 0. The lowest BCUT2D eigenvalue weighted by Gasteiger charge is -2.33. The Balaban J connectivity index is 2.00. The molecular formula is C15H26N4OS. The van der Waals surface area contributed by atoms with Crippen molar-refractivity contribution >= 4 is 17.3 Å². The summed E-state index contributed by atoms with van der Waals surface area (Å²) in [6, 6.07) is 4.93. The molecule has 2 unspecified atom stereocenters. The van der Waals surface area contributed by atoms with Gasteiger partial charge in [0, 0.05) is 24.0 Å². The van der Waals surface area contributed by atoms with Gasteiger partial charge in [0.1, 0.15) is 0 Å². The SMILES string of the molecule is CCC(C)NC(N)=NCC(c1cccs1)N1CCOCC1. The zero-order chi connectivity index (χ0) is 15.1. The number of rotatable bonds is 6. The van der Waals surface area contributed by atoms with Crippen molar-refractivity contribution in [3.63, 3.8) is 0 Å². The summed E-state index contributed by atoms with van der Waals surface area (Å²) in [5.41, 5.74) is 5.98. The molecule has 0 radical (unpaired) electrons. The number of nitrogens with two attached hydrogens (primary N) is 1. The highest BCUT2D eigenvalue weighted by Crippen LogP contribution is 2.26.